The standard InChI is InChI=1S/C7H12O4/c1-2-5-11-7(10)4-3-6(8)9/h2-5H2,1H3,(H,8,9). The average molecular weight is 160 g/mol. The smallest absolute Gasteiger partial charge is 0.306 e. The van der Waals surface area contributed by atoms with Gasteiger partial charge in [-0.05, 0) is 6.42 Å². The van der Waals surface area contributed by atoms with Crippen molar-refractivity contribution in [3.8, 4) is 0 Å². The predicted octanol–water partition coefficient (Wildman–Crippen LogP) is 0.804. The zero-order chi connectivity index (χ0) is 8.69. The predicted molar refractivity (Wildman–Crippen MR) is 38.1 cm³/mol. The first-order valence-electron chi connectivity index (χ1n) is 3.54. The second-order valence-electron chi connectivity index (χ2n) is 2.11. The summed E-state index contributed by atoms with van der Waals surface area (Å²) in [5, 5.41) is 8.18. The molecular formula is C7H12O4. The molecule has 0 saturated heterocycles. The fraction of sp³-hybridized carbons (Fsp3) is 0.714. The van der Waals surface area contributed by atoms with Crippen LogP contribution in [0.5, 0.6) is 0 Å². The summed E-state index contributed by atoms with van der Waals surface area (Å²) in [7, 11) is 0. The van der Waals surface area contributed by atoms with Crippen molar-refractivity contribution in [2.45, 2.75) is 26.2 Å². The van der Waals surface area contributed by atoms with Crippen molar-refractivity contribution >= 4 is 11.9 Å². The van der Waals surface area contributed by atoms with Crippen LogP contribution in [0.25, 0.3) is 0 Å². The number of hydrogen-bond donors (Lipinski definition) is 1. The SMILES string of the molecule is CCCOC(=O)CCC(=O)O. The molecule has 1 N–H and O–H groups in total. The van der Waals surface area contributed by atoms with Crippen molar-refractivity contribution < 1.29 is 19.4 Å². The lowest BCUT2D eigenvalue weighted by molar-refractivity contribution is -0.147. The second kappa shape index (κ2) is 5.70. The van der Waals surface area contributed by atoms with Gasteiger partial charge in [-0.15, -0.1) is 0 Å². The molecule has 0 amide bonds. The zero-order valence-electron chi connectivity index (χ0n) is 6.50. The number of ether oxygens (including phenoxy) is 1. The number of carboxylic acid groups (broad SMARTS) is 1. The van der Waals surface area contributed by atoms with Crippen LogP contribution in [0.3, 0.4) is 0 Å². The van der Waals surface area contributed by atoms with Gasteiger partial charge in [-0.3, -0.25) is 9.59 Å². The van der Waals surface area contributed by atoms with E-state index in [1.165, 1.54) is 0 Å². The molecule has 0 atom stereocenters. The van der Waals surface area contributed by atoms with Crippen molar-refractivity contribution in [2.75, 3.05) is 6.61 Å². The largest absolute Gasteiger partial charge is 0.481 e. The van der Waals surface area contributed by atoms with E-state index in [0.29, 0.717) is 6.61 Å². The van der Waals surface area contributed by atoms with Gasteiger partial charge < -0.3 is 9.84 Å². The monoisotopic (exact) mass is 160 g/mol. The first-order valence-corrected chi connectivity index (χ1v) is 3.54. The van der Waals surface area contributed by atoms with Crippen LogP contribution >= 0.6 is 0 Å². The van der Waals surface area contributed by atoms with E-state index >= 15 is 0 Å². The minimum absolute atomic E-state index is 0.0324. The van der Waals surface area contributed by atoms with Gasteiger partial charge in [0.2, 0.25) is 0 Å². The summed E-state index contributed by atoms with van der Waals surface area (Å²) in [6, 6.07) is 0. The molecule has 0 radical (unpaired) electrons. The van der Waals surface area contributed by atoms with Crippen LogP contribution in [0.15, 0.2) is 0 Å². The van der Waals surface area contributed by atoms with Crippen molar-refractivity contribution in [2.24, 2.45) is 0 Å². The fourth-order valence-electron chi connectivity index (χ4n) is 0.497. The molecule has 0 bridgehead atoms. The van der Waals surface area contributed by atoms with E-state index in [0.717, 1.165) is 6.42 Å². The van der Waals surface area contributed by atoms with Gasteiger partial charge in [0.15, 0.2) is 0 Å². The Kier molecular flexibility index (Phi) is 5.15. The summed E-state index contributed by atoms with van der Waals surface area (Å²) < 4.78 is 4.64. The number of carbonyl (C=O) groups is 2. The van der Waals surface area contributed by atoms with Crippen LogP contribution in [0, 0.1) is 0 Å². The van der Waals surface area contributed by atoms with Crippen LogP contribution in [-0.4, -0.2) is 23.7 Å². The third kappa shape index (κ3) is 6.83. The molecule has 0 saturated carbocycles. The van der Waals surface area contributed by atoms with E-state index in [1.807, 2.05) is 6.92 Å². The Bertz CT molecular complexity index is 141. The highest BCUT2D eigenvalue weighted by Crippen LogP contribution is 1.93. The topological polar surface area (TPSA) is 63.6 Å². The molecule has 64 valence electrons. The Labute approximate surface area is 65.2 Å². The van der Waals surface area contributed by atoms with E-state index in [4.69, 9.17) is 5.11 Å². The molecule has 0 rings (SSSR count). The Hall–Kier alpha value is -1.06. The lowest BCUT2D eigenvalue weighted by Gasteiger charge is -1.99. The number of carbonyl (C=O) groups excluding carboxylic acids is 1. The maximum atomic E-state index is 10.6. The van der Waals surface area contributed by atoms with E-state index in [-0.39, 0.29) is 12.8 Å². The average Bonchev–Trinajstić information content (AvgIpc) is 1.97. The van der Waals surface area contributed by atoms with E-state index < -0.39 is 11.9 Å². The van der Waals surface area contributed by atoms with Crippen molar-refractivity contribution in [3.63, 3.8) is 0 Å². The highest BCUT2D eigenvalue weighted by Gasteiger charge is 2.04. The molecule has 0 aliphatic carbocycles. The first-order chi connectivity index (χ1) is 5.16. The quantitative estimate of drug-likeness (QED) is 0.604. The maximum absolute atomic E-state index is 10.6. The number of hydrogen-bond acceptors (Lipinski definition) is 3. The molecule has 0 heterocycles. The van der Waals surface area contributed by atoms with Crippen molar-refractivity contribution in [1.29, 1.82) is 0 Å². The van der Waals surface area contributed by atoms with Gasteiger partial charge in [0, 0.05) is 0 Å². The van der Waals surface area contributed by atoms with Gasteiger partial charge in [-0.2, -0.15) is 0 Å². The fourth-order valence-corrected chi connectivity index (χ4v) is 0.497. The van der Waals surface area contributed by atoms with Crippen LogP contribution in [0.1, 0.15) is 26.2 Å². The molecule has 11 heavy (non-hydrogen) atoms. The van der Waals surface area contributed by atoms with Crippen molar-refractivity contribution in [3.05, 3.63) is 0 Å². The van der Waals surface area contributed by atoms with E-state index in [9.17, 15) is 9.59 Å². The summed E-state index contributed by atoms with van der Waals surface area (Å²) in [6.07, 6.45) is 0.580. The molecule has 0 spiro atoms. The van der Waals surface area contributed by atoms with Gasteiger partial charge in [0.25, 0.3) is 0 Å². The highest BCUT2D eigenvalue weighted by atomic mass is 16.5. The molecule has 4 nitrogen and oxygen atoms in total. The Morgan fingerprint density at radius 2 is 2.00 bits per heavy atom. The molecule has 0 aromatic rings. The highest BCUT2D eigenvalue weighted by molar-refractivity contribution is 5.76. The van der Waals surface area contributed by atoms with E-state index in [2.05, 4.69) is 4.74 Å². The maximum Gasteiger partial charge on any atom is 0.306 e. The minimum Gasteiger partial charge on any atom is -0.481 e. The summed E-state index contributed by atoms with van der Waals surface area (Å²) in [5.74, 6) is -1.41. The van der Waals surface area contributed by atoms with Gasteiger partial charge in [-0.1, -0.05) is 6.92 Å². The normalized spacial score (nSPS) is 9.18. The molecule has 0 fully saturated rings. The van der Waals surface area contributed by atoms with Crippen LogP contribution in [-0.2, 0) is 14.3 Å². The number of rotatable bonds is 5. The number of esters is 1. The number of carboxylic acids is 1. The molecule has 0 aliphatic heterocycles. The third-order valence-corrected chi connectivity index (χ3v) is 1.01. The lowest BCUT2D eigenvalue weighted by Crippen LogP contribution is -2.07. The van der Waals surface area contributed by atoms with Crippen molar-refractivity contribution in [1.82, 2.24) is 0 Å². The molecular weight excluding hydrogens is 148 g/mol. The minimum atomic E-state index is -0.974. The zero-order valence-corrected chi connectivity index (χ0v) is 6.50. The summed E-state index contributed by atoms with van der Waals surface area (Å²) in [6.45, 7) is 2.25. The molecule has 0 aromatic heterocycles. The van der Waals surface area contributed by atoms with Gasteiger partial charge in [-0.25, -0.2) is 0 Å². The molecule has 0 unspecified atom stereocenters. The van der Waals surface area contributed by atoms with Gasteiger partial charge >= 0.3 is 11.9 Å². The van der Waals surface area contributed by atoms with Crippen LogP contribution in [0.2, 0.25) is 0 Å². The second-order valence-corrected chi connectivity index (χ2v) is 2.11. The van der Waals surface area contributed by atoms with Gasteiger partial charge in [0.1, 0.15) is 0 Å². The van der Waals surface area contributed by atoms with Crippen LogP contribution in [0.4, 0.5) is 0 Å². The Balaban J connectivity index is 3.30. The molecule has 4 heteroatoms. The lowest BCUT2D eigenvalue weighted by atomic mass is 10.3. The summed E-state index contributed by atoms with van der Waals surface area (Å²) in [5.41, 5.74) is 0. The third-order valence-electron chi connectivity index (χ3n) is 1.01. The summed E-state index contributed by atoms with van der Waals surface area (Å²) >= 11 is 0. The Morgan fingerprint density at radius 1 is 1.36 bits per heavy atom. The summed E-state index contributed by atoms with van der Waals surface area (Å²) in [4.78, 5) is 20.6. The van der Waals surface area contributed by atoms with Crippen LogP contribution < -0.4 is 0 Å². The van der Waals surface area contributed by atoms with Gasteiger partial charge in [0.05, 0.1) is 19.4 Å². The first kappa shape index (κ1) is 9.94. The number of aliphatic carboxylic acids is 1. The van der Waals surface area contributed by atoms with E-state index in [1.54, 1.807) is 0 Å². The molecule has 0 aliphatic rings. The molecule has 0 aromatic carbocycles. The Morgan fingerprint density at radius 3 is 2.45 bits per heavy atom.